The molecule has 0 aliphatic rings. The predicted octanol–water partition coefficient (Wildman–Crippen LogP) is 5.48. The second kappa shape index (κ2) is 9.87. The fourth-order valence-corrected chi connectivity index (χ4v) is 3.33. The number of alkyl halides is 3. The quantitative estimate of drug-likeness (QED) is 0.527. The monoisotopic (exact) mass is 442 g/mol. The topological polar surface area (TPSA) is 55.6 Å². The van der Waals surface area contributed by atoms with Gasteiger partial charge in [0.05, 0.1) is 0 Å². The largest absolute Gasteiger partial charge is 0.573 e. The van der Waals surface area contributed by atoms with E-state index in [1.807, 2.05) is 50.2 Å². The Morgan fingerprint density at radius 1 is 0.969 bits per heavy atom. The van der Waals surface area contributed by atoms with Crippen LogP contribution in [-0.2, 0) is 11.2 Å². The van der Waals surface area contributed by atoms with Gasteiger partial charge in [-0.1, -0.05) is 48.5 Å². The molecule has 0 saturated carbocycles. The Bertz CT molecular complexity index is 1050. The highest BCUT2D eigenvalue weighted by Gasteiger charge is 2.31. The van der Waals surface area contributed by atoms with Gasteiger partial charge in [-0.25, -0.2) is 0 Å². The molecule has 4 nitrogen and oxygen atoms in total. The molecule has 3 aromatic carbocycles. The molecule has 168 valence electrons. The van der Waals surface area contributed by atoms with Gasteiger partial charge in [0.1, 0.15) is 11.8 Å². The summed E-state index contributed by atoms with van der Waals surface area (Å²) in [4.78, 5) is 15.0. The Labute approximate surface area is 185 Å². The summed E-state index contributed by atoms with van der Waals surface area (Å²) in [5.41, 5.74) is 10.6. The van der Waals surface area contributed by atoms with Crippen molar-refractivity contribution in [3.63, 3.8) is 0 Å². The van der Waals surface area contributed by atoms with Gasteiger partial charge in [-0.15, -0.1) is 13.2 Å². The molecule has 3 rings (SSSR count). The number of benzene rings is 3. The minimum atomic E-state index is -4.73. The third-order valence-corrected chi connectivity index (χ3v) is 5.27. The molecule has 0 heterocycles. The third-order valence-electron chi connectivity index (χ3n) is 5.27. The van der Waals surface area contributed by atoms with Crippen LogP contribution < -0.4 is 15.4 Å². The average Bonchev–Trinajstić information content (AvgIpc) is 2.76. The first-order chi connectivity index (χ1) is 15.1. The van der Waals surface area contributed by atoms with Crippen LogP contribution in [0.25, 0.3) is 0 Å². The zero-order chi connectivity index (χ0) is 23.3. The van der Waals surface area contributed by atoms with Crippen molar-refractivity contribution in [2.24, 2.45) is 5.73 Å². The summed E-state index contributed by atoms with van der Waals surface area (Å²) in [6.45, 7) is 4.28. The summed E-state index contributed by atoms with van der Waals surface area (Å²) in [6.07, 6.45) is -4.30. The lowest BCUT2D eigenvalue weighted by molar-refractivity contribution is -0.274. The van der Waals surface area contributed by atoms with Gasteiger partial charge in [0.15, 0.2) is 0 Å². The zero-order valence-corrected chi connectivity index (χ0v) is 17.9. The summed E-state index contributed by atoms with van der Waals surface area (Å²) in [5.74, 6) is -0.536. The maximum atomic E-state index is 13.3. The number of rotatable bonds is 7. The van der Waals surface area contributed by atoms with E-state index < -0.39 is 12.4 Å². The Morgan fingerprint density at radius 3 is 2.22 bits per heavy atom. The predicted molar refractivity (Wildman–Crippen MR) is 118 cm³/mol. The number of carbonyl (C=O) groups excluding carboxylic acids is 1. The summed E-state index contributed by atoms with van der Waals surface area (Å²) < 4.78 is 41.0. The van der Waals surface area contributed by atoms with E-state index >= 15 is 0 Å². The van der Waals surface area contributed by atoms with Gasteiger partial charge in [-0.3, -0.25) is 4.79 Å². The van der Waals surface area contributed by atoms with Crippen LogP contribution in [0.4, 0.5) is 18.9 Å². The van der Waals surface area contributed by atoms with E-state index in [4.69, 9.17) is 5.73 Å². The SMILES string of the molecule is Cc1ccc(N(CCc2ccc(OC(F)(F)F)cc2)C(=O)C(N)c2ccccc2)cc1C. The highest BCUT2D eigenvalue weighted by Crippen LogP contribution is 2.25. The van der Waals surface area contributed by atoms with E-state index in [9.17, 15) is 18.0 Å². The molecule has 0 aromatic heterocycles. The number of halogens is 3. The Morgan fingerprint density at radius 2 is 1.62 bits per heavy atom. The maximum Gasteiger partial charge on any atom is 0.573 e. The molecule has 0 aliphatic carbocycles. The van der Waals surface area contributed by atoms with Gasteiger partial charge in [-0.2, -0.15) is 0 Å². The van der Waals surface area contributed by atoms with Crippen LogP contribution in [0.15, 0.2) is 72.8 Å². The lowest BCUT2D eigenvalue weighted by Gasteiger charge is -2.27. The normalized spacial score (nSPS) is 12.3. The molecule has 1 amide bonds. The summed E-state index contributed by atoms with van der Waals surface area (Å²) in [6, 6.07) is 19.7. The van der Waals surface area contributed by atoms with Crippen molar-refractivity contribution in [1.82, 2.24) is 0 Å². The number of hydrogen-bond acceptors (Lipinski definition) is 3. The van der Waals surface area contributed by atoms with Gasteiger partial charge < -0.3 is 15.4 Å². The van der Waals surface area contributed by atoms with Crippen molar-refractivity contribution in [1.29, 1.82) is 0 Å². The van der Waals surface area contributed by atoms with Gasteiger partial charge in [0, 0.05) is 12.2 Å². The Kier molecular flexibility index (Phi) is 7.20. The van der Waals surface area contributed by atoms with Crippen LogP contribution in [0.2, 0.25) is 0 Å². The average molecular weight is 442 g/mol. The smallest absolute Gasteiger partial charge is 0.406 e. The number of ether oxygens (including phenoxy) is 1. The number of carbonyl (C=O) groups is 1. The van der Waals surface area contributed by atoms with Crippen molar-refractivity contribution in [2.45, 2.75) is 32.7 Å². The van der Waals surface area contributed by atoms with Crippen molar-refractivity contribution >= 4 is 11.6 Å². The molecule has 32 heavy (non-hydrogen) atoms. The van der Waals surface area contributed by atoms with E-state index in [0.29, 0.717) is 18.5 Å². The van der Waals surface area contributed by atoms with Crippen LogP contribution in [-0.4, -0.2) is 18.8 Å². The number of aryl methyl sites for hydroxylation is 2. The van der Waals surface area contributed by atoms with E-state index in [0.717, 1.165) is 22.4 Å². The van der Waals surface area contributed by atoms with Gasteiger partial charge in [-0.05, 0) is 66.8 Å². The van der Waals surface area contributed by atoms with Gasteiger partial charge >= 0.3 is 6.36 Å². The molecular formula is C25H25F3N2O2. The fraction of sp³-hybridized carbons (Fsp3) is 0.240. The van der Waals surface area contributed by atoms with E-state index in [1.54, 1.807) is 29.2 Å². The van der Waals surface area contributed by atoms with E-state index in [2.05, 4.69) is 4.74 Å². The second-order valence-corrected chi connectivity index (χ2v) is 7.59. The molecule has 2 N–H and O–H groups in total. The molecule has 0 spiro atoms. The summed E-state index contributed by atoms with van der Waals surface area (Å²) >= 11 is 0. The van der Waals surface area contributed by atoms with Crippen LogP contribution in [0, 0.1) is 13.8 Å². The van der Waals surface area contributed by atoms with Crippen molar-refractivity contribution in [3.8, 4) is 5.75 Å². The van der Waals surface area contributed by atoms with Crippen LogP contribution in [0.1, 0.15) is 28.3 Å². The number of amides is 1. The van der Waals surface area contributed by atoms with E-state index in [1.165, 1.54) is 12.1 Å². The van der Waals surface area contributed by atoms with Crippen LogP contribution >= 0.6 is 0 Å². The second-order valence-electron chi connectivity index (χ2n) is 7.59. The highest BCUT2D eigenvalue weighted by molar-refractivity contribution is 5.97. The van der Waals surface area contributed by atoms with Crippen LogP contribution in [0.3, 0.4) is 0 Å². The minimum Gasteiger partial charge on any atom is -0.406 e. The molecule has 0 saturated heterocycles. The lowest BCUT2D eigenvalue weighted by Crippen LogP contribution is -2.40. The highest BCUT2D eigenvalue weighted by atomic mass is 19.4. The first-order valence-corrected chi connectivity index (χ1v) is 10.2. The van der Waals surface area contributed by atoms with Gasteiger partial charge in [0.2, 0.25) is 5.91 Å². The number of anilines is 1. The third kappa shape index (κ3) is 6.11. The Balaban J connectivity index is 1.81. The molecular weight excluding hydrogens is 417 g/mol. The number of nitrogens with two attached hydrogens (primary N) is 1. The molecule has 1 unspecified atom stereocenters. The summed E-state index contributed by atoms with van der Waals surface area (Å²) in [5, 5.41) is 0. The van der Waals surface area contributed by atoms with Crippen molar-refractivity contribution < 1.29 is 22.7 Å². The molecule has 0 radical (unpaired) electrons. The molecule has 0 fully saturated rings. The first kappa shape index (κ1) is 23.3. The molecule has 7 heteroatoms. The first-order valence-electron chi connectivity index (χ1n) is 10.2. The summed E-state index contributed by atoms with van der Waals surface area (Å²) in [7, 11) is 0. The van der Waals surface area contributed by atoms with Crippen molar-refractivity contribution in [3.05, 3.63) is 95.1 Å². The fourth-order valence-electron chi connectivity index (χ4n) is 3.33. The Hall–Kier alpha value is -3.32. The number of nitrogens with zero attached hydrogens (tertiary/aromatic N) is 1. The van der Waals surface area contributed by atoms with Gasteiger partial charge in [0.25, 0.3) is 0 Å². The van der Waals surface area contributed by atoms with Crippen molar-refractivity contribution in [2.75, 3.05) is 11.4 Å². The standard InChI is InChI=1S/C25H25F3N2O2/c1-17-8-11-21(16-18(17)2)30(24(31)23(29)20-6-4-3-5-7-20)15-14-19-9-12-22(13-10-19)32-25(26,27)28/h3-13,16,23H,14-15,29H2,1-2H3. The maximum absolute atomic E-state index is 13.3. The molecule has 1 atom stereocenters. The lowest BCUT2D eigenvalue weighted by atomic mass is 10.0. The molecule has 3 aromatic rings. The zero-order valence-electron chi connectivity index (χ0n) is 17.9. The van der Waals surface area contributed by atoms with Crippen LogP contribution in [0.5, 0.6) is 5.75 Å². The van der Waals surface area contributed by atoms with E-state index in [-0.39, 0.29) is 11.7 Å². The molecule has 0 bridgehead atoms. The minimum absolute atomic E-state index is 0.253. The molecule has 0 aliphatic heterocycles. The number of hydrogen-bond donors (Lipinski definition) is 1.